The van der Waals surface area contributed by atoms with E-state index in [9.17, 15) is 19.5 Å². The Morgan fingerprint density at radius 3 is 2.86 bits per heavy atom. The fourth-order valence-corrected chi connectivity index (χ4v) is 4.38. The maximum Gasteiger partial charge on any atom is 0.352 e. The molecule has 2 unspecified atom stereocenters. The molecule has 2 aliphatic rings. The minimum Gasteiger partial charge on any atom is -0.477 e. The molecule has 0 saturated carbocycles. The van der Waals surface area contributed by atoms with Crippen molar-refractivity contribution >= 4 is 51.9 Å². The number of β-lactam (4-membered cyclic amide) rings is 1. The summed E-state index contributed by atoms with van der Waals surface area (Å²) in [5.41, 5.74) is 10.5. The van der Waals surface area contributed by atoms with E-state index in [-0.39, 0.29) is 40.8 Å². The van der Waals surface area contributed by atoms with Crippen molar-refractivity contribution in [2.45, 2.75) is 23.6 Å². The van der Waals surface area contributed by atoms with Crippen LogP contribution in [0.3, 0.4) is 0 Å². The number of nitrogens with two attached hydrogens (primary N) is 2. The average Bonchev–Trinajstić information content (AvgIpc) is 3.08. The summed E-state index contributed by atoms with van der Waals surface area (Å²) in [6, 6.07) is -0.918. The van der Waals surface area contributed by atoms with Crippen LogP contribution in [-0.2, 0) is 19.2 Å². The molecule has 150 valence electrons. The molecular weight excluding hydrogens is 410 g/mol. The molecule has 0 radical (unpaired) electrons. The lowest BCUT2D eigenvalue weighted by Crippen LogP contribution is -2.71. The molecule has 14 heteroatoms. The maximum absolute atomic E-state index is 12.7. The number of rotatable bonds is 7. The molecule has 0 bridgehead atoms. The van der Waals surface area contributed by atoms with Crippen molar-refractivity contribution in [1.82, 2.24) is 19.6 Å². The van der Waals surface area contributed by atoms with Crippen LogP contribution in [0.5, 0.6) is 0 Å². The molecule has 0 aromatic carbocycles. The molecule has 28 heavy (non-hydrogen) atoms. The first kappa shape index (κ1) is 20.0. The quantitative estimate of drug-likeness (QED) is 0.174. The van der Waals surface area contributed by atoms with E-state index in [4.69, 9.17) is 16.3 Å². The number of hydrogen-bond donors (Lipinski definition) is 4. The molecule has 1 aromatic heterocycles. The van der Waals surface area contributed by atoms with Gasteiger partial charge in [-0.1, -0.05) is 5.16 Å². The van der Waals surface area contributed by atoms with Crippen LogP contribution < -0.4 is 16.8 Å². The number of nitrogens with one attached hydrogen (secondary N) is 1. The normalized spacial score (nSPS) is 24.1. The highest BCUT2D eigenvalue weighted by molar-refractivity contribution is 8.00. The predicted octanol–water partition coefficient (Wildman–Crippen LogP) is -1.44. The topological polar surface area (TPSA) is 186 Å². The summed E-state index contributed by atoms with van der Waals surface area (Å²) in [5, 5.41) is 15.0. The highest BCUT2D eigenvalue weighted by Gasteiger charge is 2.54. The minimum absolute atomic E-state index is 0.0450. The van der Waals surface area contributed by atoms with Crippen LogP contribution in [0.2, 0.25) is 0 Å². The van der Waals surface area contributed by atoms with Crippen LogP contribution >= 0.6 is 23.3 Å². The predicted molar refractivity (Wildman–Crippen MR) is 101 cm³/mol. The summed E-state index contributed by atoms with van der Waals surface area (Å²) in [7, 11) is 0. The summed E-state index contributed by atoms with van der Waals surface area (Å²) in [6.45, 7) is 2.06. The fraction of sp³-hybridized carbons (Fsp3) is 0.429. The number of nitrogens with zero attached hydrogens (tertiary/aromatic N) is 4. The lowest BCUT2D eigenvalue weighted by Gasteiger charge is -2.49. The van der Waals surface area contributed by atoms with Crippen LogP contribution in [0.25, 0.3) is 0 Å². The van der Waals surface area contributed by atoms with E-state index in [0.29, 0.717) is 0 Å². The molecule has 1 aromatic rings. The summed E-state index contributed by atoms with van der Waals surface area (Å²) in [4.78, 5) is 46.5. The number of amides is 2. The highest BCUT2D eigenvalue weighted by Crippen LogP contribution is 2.40. The molecule has 2 aliphatic heterocycles. The second-order valence-electron chi connectivity index (χ2n) is 5.77. The van der Waals surface area contributed by atoms with Gasteiger partial charge in [-0.15, -0.1) is 11.8 Å². The van der Waals surface area contributed by atoms with E-state index in [2.05, 4.69) is 19.8 Å². The SMILES string of the molecule is CC1C=C(C(=O)O)N2C(=O)C(NC(=O)C(=NOCCN)c3nsc(N)n3)[C@H]2S1. The maximum atomic E-state index is 12.7. The summed E-state index contributed by atoms with van der Waals surface area (Å²) >= 11 is 2.23. The largest absolute Gasteiger partial charge is 0.477 e. The first-order chi connectivity index (χ1) is 13.3. The van der Waals surface area contributed by atoms with Crippen molar-refractivity contribution in [3.05, 3.63) is 17.6 Å². The zero-order valence-electron chi connectivity index (χ0n) is 14.6. The van der Waals surface area contributed by atoms with Gasteiger partial charge in [0.25, 0.3) is 11.8 Å². The molecule has 3 heterocycles. The third kappa shape index (κ3) is 3.79. The van der Waals surface area contributed by atoms with Gasteiger partial charge in [-0.3, -0.25) is 14.5 Å². The third-order valence-electron chi connectivity index (χ3n) is 3.79. The van der Waals surface area contributed by atoms with Crippen LogP contribution in [0.1, 0.15) is 12.7 Å². The number of hydrogen-bond acceptors (Lipinski definition) is 11. The van der Waals surface area contributed by atoms with Gasteiger partial charge in [0, 0.05) is 23.3 Å². The zero-order chi connectivity index (χ0) is 20.4. The molecule has 12 nitrogen and oxygen atoms in total. The Morgan fingerprint density at radius 2 is 2.25 bits per heavy atom. The van der Waals surface area contributed by atoms with Gasteiger partial charge in [0.15, 0.2) is 5.13 Å². The Balaban J connectivity index is 1.77. The molecule has 3 atom stereocenters. The Hall–Kier alpha value is -2.71. The fourth-order valence-electron chi connectivity index (χ4n) is 2.62. The van der Waals surface area contributed by atoms with E-state index < -0.39 is 29.2 Å². The highest BCUT2D eigenvalue weighted by atomic mass is 32.2. The number of fused-ring (bicyclic) bond motifs is 1. The van der Waals surface area contributed by atoms with Gasteiger partial charge in [0.2, 0.25) is 11.5 Å². The number of carboxylic acids is 1. The van der Waals surface area contributed by atoms with Crippen LogP contribution in [0.15, 0.2) is 16.9 Å². The van der Waals surface area contributed by atoms with E-state index in [1.54, 1.807) is 0 Å². The number of thioether (sulfide) groups is 1. The van der Waals surface area contributed by atoms with Crippen LogP contribution in [0.4, 0.5) is 5.13 Å². The van der Waals surface area contributed by atoms with E-state index in [1.165, 1.54) is 17.8 Å². The molecule has 0 spiro atoms. The Kier molecular flexibility index (Phi) is 5.81. The second kappa shape index (κ2) is 8.12. The van der Waals surface area contributed by atoms with Gasteiger partial charge in [-0.05, 0) is 13.0 Å². The van der Waals surface area contributed by atoms with Gasteiger partial charge in [-0.2, -0.15) is 9.36 Å². The minimum atomic E-state index is -1.20. The van der Waals surface area contributed by atoms with Crippen molar-refractivity contribution in [3.8, 4) is 0 Å². The first-order valence-electron chi connectivity index (χ1n) is 8.07. The standard InChI is InChI=1S/C14H17N7O5S2/c1-5-4-6(13(24)25)21-11(23)8(12(21)27-5)17-10(22)7(19-26-3-2-15)9-18-14(16)28-20-9/h4-5,8,12H,2-3,15H2,1H3,(H,17,22)(H,24,25)(H2,16,18,20)/t5?,8?,12-/m1/s1. The van der Waals surface area contributed by atoms with Crippen molar-refractivity contribution in [2.75, 3.05) is 18.9 Å². The Bertz CT molecular complexity index is 870. The van der Waals surface area contributed by atoms with Crippen LogP contribution in [0, 0.1) is 0 Å². The van der Waals surface area contributed by atoms with Gasteiger partial charge in [0.1, 0.15) is 23.7 Å². The zero-order valence-corrected chi connectivity index (χ0v) is 16.2. The van der Waals surface area contributed by atoms with Gasteiger partial charge >= 0.3 is 5.97 Å². The second-order valence-corrected chi connectivity index (χ2v) is 8.05. The Labute approximate surface area is 167 Å². The summed E-state index contributed by atoms with van der Waals surface area (Å²) in [6.07, 6.45) is 1.50. The average molecular weight is 427 g/mol. The molecule has 6 N–H and O–H groups in total. The van der Waals surface area contributed by atoms with E-state index in [1.807, 2.05) is 6.92 Å². The van der Waals surface area contributed by atoms with Crippen molar-refractivity contribution < 1.29 is 24.3 Å². The van der Waals surface area contributed by atoms with Crippen LogP contribution in [-0.4, -0.2) is 72.7 Å². The van der Waals surface area contributed by atoms with Crippen molar-refractivity contribution in [2.24, 2.45) is 10.9 Å². The number of aromatic nitrogens is 2. The number of aliphatic carboxylic acids is 1. The lowest BCUT2D eigenvalue weighted by molar-refractivity contribution is -0.150. The molecule has 1 fully saturated rings. The lowest BCUT2D eigenvalue weighted by atomic mass is 10.0. The third-order valence-corrected chi connectivity index (χ3v) is 5.66. The number of carbonyl (C=O) groups excluding carboxylic acids is 2. The summed E-state index contributed by atoms with van der Waals surface area (Å²) in [5.74, 6) is -2.52. The van der Waals surface area contributed by atoms with Crippen molar-refractivity contribution in [3.63, 3.8) is 0 Å². The monoisotopic (exact) mass is 427 g/mol. The van der Waals surface area contributed by atoms with Gasteiger partial charge in [0.05, 0.1) is 0 Å². The number of oxime groups is 1. The Morgan fingerprint density at radius 1 is 1.50 bits per heavy atom. The number of nitrogen functional groups attached to an aromatic ring is 1. The molecule has 2 amide bonds. The van der Waals surface area contributed by atoms with E-state index in [0.717, 1.165) is 16.4 Å². The van der Waals surface area contributed by atoms with E-state index >= 15 is 0 Å². The molecular formula is C14H17N7O5S2. The number of carboxylic acid groups (broad SMARTS) is 1. The van der Waals surface area contributed by atoms with Gasteiger partial charge < -0.3 is 26.7 Å². The van der Waals surface area contributed by atoms with Gasteiger partial charge in [-0.25, -0.2) is 4.79 Å². The molecule has 3 rings (SSSR count). The number of carbonyl (C=O) groups is 3. The number of anilines is 1. The summed E-state index contributed by atoms with van der Waals surface area (Å²) < 4.78 is 3.93. The first-order valence-corrected chi connectivity index (χ1v) is 9.79. The smallest absolute Gasteiger partial charge is 0.352 e. The molecule has 0 aliphatic carbocycles. The molecule has 1 saturated heterocycles. The van der Waals surface area contributed by atoms with Crippen molar-refractivity contribution in [1.29, 1.82) is 0 Å².